The number of carbonyl (C=O) groups is 1. The average molecular weight is 508 g/mol. The van der Waals surface area contributed by atoms with Crippen molar-refractivity contribution in [3.05, 3.63) is 125 Å². The molecule has 186 valence electrons. The number of aromatic nitrogens is 3. The van der Waals surface area contributed by atoms with E-state index in [1.807, 2.05) is 0 Å². The van der Waals surface area contributed by atoms with E-state index in [2.05, 4.69) is 15.3 Å². The Morgan fingerprint density at radius 2 is 1.74 bits per heavy atom. The first-order chi connectivity index (χ1) is 18.5. The summed E-state index contributed by atoms with van der Waals surface area (Å²) >= 11 is 0. The third-order valence-electron chi connectivity index (χ3n) is 6.09. The van der Waals surface area contributed by atoms with E-state index in [9.17, 15) is 18.4 Å². The molecule has 0 saturated heterocycles. The molecule has 0 aliphatic carbocycles. The number of pyridine rings is 2. The molecular weight excluding hydrogens is 490 g/mol. The molecule has 0 aliphatic rings. The van der Waals surface area contributed by atoms with Crippen molar-refractivity contribution in [2.45, 2.75) is 0 Å². The zero-order valence-corrected chi connectivity index (χ0v) is 19.6. The molecule has 0 saturated carbocycles. The van der Waals surface area contributed by atoms with E-state index in [-0.39, 0.29) is 17.0 Å². The molecule has 0 atom stereocenters. The zero-order chi connectivity index (χ0) is 26.2. The van der Waals surface area contributed by atoms with Gasteiger partial charge < -0.3 is 19.6 Å². The molecule has 1 amide bonds. The third-order valence-corrected chi connectivity index (χ3v) is 6.09. The van der Waals surface area contributed by atoms with E-state index < -0.39 is 23.0 Å². The summed E-state index contributed by atoms with van der Waals surface area (Å²) in [6, 6.07) is 19.9. The van der Waals surface area contributed by atoms with Crippen LogP contribution in [0.4, 0.5) is 14.5 Å². The number of ether oxygens (including phenoxy) is 1. The van der Waals surface area contributed by atoms with E-state index in [0.29, 0.717) is 33.4 Å². The van der Waals surface area contributed by atoms with Crippen LogP contribution in [0.15, 0.2) is 102 Å². The summed E-state index contributed by atoms with van der Waals surface area (Å²) in [4.78, 5) is 33.5. The van der Waals surface area contributed by atoms with Gasteiger partial charge in [-0.05, 0) is 60.7 Å². The van der Waals surface area contributed by atoms with Crippen LogP contribution in [0, 0.1) is 11.6 Å². The first-order valence-electron chi connectivity index (χ1n) is 11.6. The number of hydrogen-bond donors (Lipinski definition) is 2. The molecule has 3 aromatic heterocycles. The Kier molecular flexibility index (Phi) is 5.65. The predicted molar refractivity (Wildman–Crippen MR) is 140 cm³/mol. The van der Waals surface area contributed by atoms with Gasteiger partial charge >= 0.3 is 0 Å². The fourth-order valence-corrected chi connectivity index (χ4v) is 4.26. The lowest BCUT2D eigenvalue weighted by molar-refractivity contribution is 0.102. The SMILES string of the molecule is O=C(Nc1ccc(Oc2ccnc3[nH]ccc23)c(F)c1)c1cn(-c2ccc(F)cc2)c2ccccc2c1=O. The molecule has 6 aromatic rings. The average Bonchev–Trinajstić information content (AvgIpc) is 3.41. The number of fused-ring (bicyclic) bond motifs is 2. The number of para-hydroxylation sites is 1. The van der Waals surface area contributed by atoms with Crippen LogP contribution >= 0.6 is 0 Å². The van der Waals surface area contributed by atoms with Gasteiger partial charge in [0.1, 0.15) is 22.8 Å². The van der Waals surface area contributed by atoms with Crippen LogP contribution in [0.2, 0.25) is 0 Å². The topological polar surface area (TPSA) is 89.0 Å². The maximum Gasteiger partial charge on any atom is 0.261 e. The number of anilines is 1. The first kappa shape index (κ1) is 23.1. The fourth-order valence-electron chi connectivity index (χ4n) is 4.26. The molecule has 0 radical (unpaired) electrons. The largest absolute Gasteiger partial charge is 0.453 e. The van der Waals surface area contributed by atoms with Crippen LogP contribution in [-0.4, -0.2) is 20.4 Å². The van der Waals surface area contributed by atoms with Gasteiger partial charge in [0.15, 0.2) is 11.6 Å². The van der Waals surface area contributed by atoms with Crippen molar-refractivity contribution in [1.29, 1.82) is 0 Å². The fraction of sp³-hybridized carbons (Fsp3) is 0. The molecule has 0 unspecified atom stereocenters. The molecule has 38 heavy (non-hydrogen) atoms. The lowest BCUT2D eigenvalue weighted by atomic mass is 10.1. The molecule has 0 bridgehead atoms. The summed E-state index contributed by atoms with van der Waals surface area (Å²) < 4.78 is 35.8. The van der Waals surface area contributed by atoms with Gasteiger partial charge in [0.2, 0.25) is 5.43 Å². The van der Waals surface area contributed by atoms with Crippen molar-refractivity contribution in [2.24, 2.45) is 0 Å². The number of nitrogens with one attached hydrogen (secondary N) is 2. The van der Waals surface area contributed by atoms with E-state index in [4.69, 9.17) is 4.74 Å². The van der Waals surface area contributed by atoms with Crippen LogP contribution in [0.5, 0.6) is 11.5 Å². The highest BCUT2D eigenvalue weighted by Crippen LogP contribution is 2.31. The summed E-state index contributed by atoms with van der Waals surface area (Å²) in [5.74, 6) is -1.45. The van der Waals surface area contributed by atoms with Gasteiger partial charge in [-0.1, -0.05) is 12.1 Å². The molecule has 9 heteroatoms. The molecule has 3 heterocycles. The van der Waals surface area contributed by atoms with Crippen molar-refractivity contribution < 1.29 is 18.3 Å². The van der Waals surface area contributed by atoms with Crippen molar-refractivity contribution >= 4 is 33.5 Å². The second-order valence-corrected chi connectivity index (χ2v) is 8.49. The zero-order valence-electron chi connectivity index (χ0n) is 19.6. The van der Waals surface area contributed by atoms with E-state index in [1.165, 1.54) is 30.5 Å². The van der Waals surface area contributed by atoms with Crippen molar-refractivity contribution in [3.8, 4) is 17.2 Å². The number of halogens is 2. The minimum atomic E-state index is -0.715. The Balaban J connectivity index is 1.32. The number of rotatable bonds is 5. The lowest BCUT2D eigenvalue weighted by Crippen LogP contribution is -2.23. The molecule has 0 fully saturated rings. The standard InChI is InChI=1S/C29H18F2N4O3/c30-17-5-8-19(9-6-17)35-16-22(27(36)20-3-1-2-4-24(20)35)29(37)34-18-7-10-26(23(31)15-18)38-25-12-14-33-28-21(25)11-13-32-28/h1-16H,(H,32,33)(H,34,37). The van der Waals surface area contributed by atoms with Crippen LogP contribution in [-0.2, 0) is 0 Å². The Bertz CT molecular complexity index is 1900. The number of H-pyrrole nitrogens is 1. The molecule has 0 spiro atoms. The summed E-state index contributed by atoms with van der Waals surface area (Å²) in [7, 11) is 0. The maximum atomic E-state index is 14.9. The highest BCUT2D eigenvalue weighted by atomic mass is 19.1. The predicted octanol–water partition coefficient (Wildman–Crippen LogP) is 6.19. The second-order valence-electron chi connectivity index (χ2n) is 8.49. The van der Waals surface area contributed by atoms with Crippen molar-refractivity contribution in [3.63, 3.8) is 0 Å². The Morgan fingerprint density at radius 1 is 0.921 bits per heavy atom. The Hall–Kier alpha value is -5.31. The van der Waals surface area contributed by atoms with Crippen molar-refractivity contribution in [1.82, 2.24) is 14.5 Å². The summed E-state index contributed by atoms with van der Waals surface area (Å²) in [5, 5.41) is 3.59. The minimum absolute atomic E-state index is 0.0407. The number of nitrogens with zero attached hydrogens (tertiary/aromatic N) is 2. The molecule has 7 nitrogen and oxygen atoms in total. The van der Waals surface area contributed by atoms with Gasteiger partial charge in [-0.2, -0.15) is 0 Å². The van der Waals surface area contributed by atoms with Gasteiger partial charge in [0.05, 0.1) is 10.9 Å². The number of hydrogen-bond acceptors (Lipinski definition) is 4. The second kappa shape index (κ2) is 9.29. The summed E-state index contributed by atoms with van der Waals surface area (Å²) in [5.41, 5.74) is 1.24. The van der Waals surface area contributed by atoms with E-state index in [1.54, 1.807) is 65.5 Å². The van der Waals surface area contributed by atoms with Crippen LogP contribution in [0.3, 0.4) is 0 Å². The van der Waals surface area contributed by atoms with Gasteiger partial charge in [-0.15, -0.1) is 0 Å². The molecule has 6 rings (SSSR count). The number of amides is 1. The van der Waals surface area contributed by atoms with Gasteiger partial charge in [-0.25, -0.2) is 13.8 Å². The number of carbonyl (C=O) groups excluding carboxylic acids is 1. The summed E-state index contributed by atoms with van der Waals surface area (Å²) in [6.07, 6.45) is 4.64. The molecule has 0 aliphatic heterocycles. The monoisotopic (exact) mass is 508 g/mol. The highest BCUT2D eigenvalue weighted by Gasteiger charge is 2.18. The van der Waals surface area contributed by atoms with Gasteiger partial charge in [-0.3, -0.25) is 9.59 Å². The minimum Gasteiger partial charge on any atom is -0.453 e. The first-order valence-corrected chi connectivity index (χ1v) is 11.6. The Morgan fingerprint density at radius 3 is 2.55 bits per heavy atom. The number of benzene rings is 3. The van der Waals surface area contributed by atoms with Crippen LogP contribution in [0.25, 0.3) is 27.6 Å². The van der Waals surface area contributed by atoms with Gasteiger partial charge in [0.25, 0.3) is 5.91 Å². The highest BCUT2D eigenvalue weighted by molar-refractivity contribution is 6.06. The van der Waals surface area contributed by atoms with E-state index >= 15 is 0 Å². The van der Waals surface area contributed by atoms with Crippen LogP contribution < -0.4 is 15.5 Å². The maximum absolute atomic E-state index is 14.9. The quantitative estimate of drug-likeness (QED) is 0.291. The van der Waals surface area contributed by atoms with E-state index in [0.717, 1.165) is 6.07 Å². The van der Waals surface area contributed by atoms with Crippen molar-refractivity contribution in [2.75, 3.05) is 5.32 Å². The molecule has 2 N–H and O–H groups in total. The molecular formula is C29H18F2N4O3. The normalized spacial score (nSPS) is 11.1. The number of aromatic amines is 1. The summed E-state index contributed by atoms with van der Waals surface area (Å²) in [6.45, 7) is 0. The van der Waals surface area contributed by atoms with Gasteiger partial charge in [0, 0.05) is 41.4 Å². The van der Waals surface area contributed by atoms with Crippen LogP contribution in [0.1, 0.15) is 10.4 Å². The third kappa shape index (κ3) is 4.16. The Labute approximate surface area is 214 Å². The smallest absolute Gasteiger partial charge is 0.261 e. The lowest BCUT2D eigenvalue weighted by Gasteiger charge is -2.14. The molecule has 3 aromatic carbocycles.